The van der Waals surface area contributed by atoms with Crippen molar-refractivity contribution in [1.29, 1.82) is 0 Å². The zero-order chi connectivity index (χ0) is 15.4. The molecule has 0 aliphatic carbocycles. The molecule has 1 atom stereocenters. The molecular weight excluding hydrogens is 294 g/mol. The maximum Gasteiger partial charge on any atom is 0.323 e. The largest absolute Gasteiger partial charge is 0.440 e. The van der Waals surface area contributed by atoms with Crippen molar-refractivity contribution < 1.29 is 19.5 Å². The van der Waals surface area contributed by atoms with Gasteiger partial charge in [-0.05, 0) is 24.6 Å². The van der Waals surface area contributed by atoms with Crippen LogP contribution in [0.3, 0.4) is 0 Å². The van der Waals surface area contributed by atoms with Gasteiger partial charge >= 0.3 is 5.69 Å². The molecule has 1 aromatic carbocycles. The summed E-state index contributed by atoms with van der Waals surface area (Å²) >= 11 is 1.06. The molecule has 0 aliphatic rings. The predicted octanol–water partition coefficient (Wildman–Crippen LogP) is 3.65. The lowest BCUT2D eigenvalue weighted by atomic mass is 10.2. The Morgan fingerprint density at radius 2 is 2.19 bits per heavy atom. The SMILES string of the molecule is COCc1cccc(Oc2sc([C@H](C)O)cc2[N+](=O)[O-])c1. The summed E-state index contributed by atoms with van der Waals surface area (Å²) in [5, 5.41) is 20.7. The first kappa shape index (κ1) is 15.4. The van der Waals surface area contributed by atoms with Gasteiger partial charge in [0.2, 0.25) is 0 Å². The summed E-state index contributed by atoms with van der Waals surface area (Å²) in [7, 11) is 1.59. The lowest BCUT2D eigenvalue weighted by Gasteiger charge is -2.05. The van der Waals surface area contributed by atoms with Crippen LogP contribution in [-0.4, -0.2) is 17.1 Å². The Balaban J connectivity index is 2.30. The highest BCUT2D eigenvalue weighted by molar-refractivity contribution is 7.14. The molecule has 0 saturated heterocycles. The Morgan fingerprint density at radius 1 is 1.43 bits per heavy atom. The van der Waals surface area contributed by atoms with Crippen LogP contribution in [-0.2, 0) is 11.3 Å². The van der Waals surface area contributed by atoms with Crippen molar-refractivity contribution in [2.24, 2.45) is 0 Å². The van der Waals surface area contributed by atoms with Crippen LogP contribution in [0.5, 0.6) is 10.8 Å². The van der Waals surface area contributed by atoms with Gasteiger partial charge in [0.25, 0.3) is 5.06 Å². The van der Waals surface area contributed by atoms with Crippen LogP contribution in [0.4, 0.5) is 5.69 Å². The predicted molar refractivity (Wildman–Crippen MR) is 78.8 cm³/mol. The Labute approximate surface area is 125 Å². The van der Waals surface area contributed by atoms with E-state index in [9.17, 15) is 15.2 Å². The van der Waals surface area contributed by atoms with Gasteiger partial charge in [-0.25, -0.2) is 0 Å². The molecule has 1 heterocycles. The number of thiophene rings is 1. The fourth-order valence-electron chi connectivity index (χ4n) is 1.76. The van der Waals surface area contributed by atoms with Gasteiger partial charge in [0.05, 0.1) is 17.6 Å². The topological polar surface area (TPSA) is 81.8 Å². The number of nitro groups is 1. The van der Waals surface area contributed by atoms with Crippen molar-refractivity contribution in [2.45, 2.75) is 19.6 Å². The molecule has 0 saturated carbocycles. The number of hydrogen-bond acceptors (Lipinski definition) is 6. The van der Waals surface area contributed by atoms with Gasteiger partial charge < -0.3 is 14.6 Å². The van der Waals surface area contributed by atoms with Crippen LogP contribution in [0.25, 0.3) is 0 Å². The van der Waals surface area contributed by atoms with E-state index in [2.05, 4.69) is 0 Å². The Bertz CT molecular complexity index is 638. The monoisotopic (exact) mass is 309 g/mol. The zero-order valence-corrected chi connectivity index (χ0v) is 12.4. The van der Waals surface area contributed by atoms with E-state index in [0.29, 0.717) is 17.2 Å². The van der Waals surface area contributed by atoms with E-state index in [1.807, 2.05) is 6.07 Å². The number of nitrogens with zero attached hydrogens (tertiary/aromatic N) is 1. The first-order valence-corrected chi connectivity index (χ1v) is 7.05. The molecule has 21 heavy (non-hydrogen) atoms. The fourth-order valence-corrected chi connectivity index (χ4v) is 2.69. The molecule has 0 fully saturated rings. The zero-order valence-electron chi connectivity index (χ0n) is 11.6. The molecule has 0 bridgehead atoms. The highest BCUT2D eigenvalue weighted by Crippen LogP contribution is 2.41. The number of ether oxygens (including phenoxy) is 2. The lowest BCUT2D eigenvalue weighted by molar-refractivity contribution is -0.385. The highest BCUT2D eigenvalue weighted by Gasteiger charge is 2.23. The minimum absolute atomic E-state index is 0.145. The van der Waals surface area contributed by atoms with Gasteiger partial charge in [0.15, 0.2) is 0 Å². The quantitative estimate of drug-likeness (QED) is 0.650. The third-order valence-corrected chi connectivity index (χ3v) is 3.90. The summed E-state index contributed by atoms with van der Waals surface area (Å²) in [6.45, 7) is 1.99. The molecule has 6 nitrogen and oxygen atoms in total. The van der Waals surface area contributed by atoms with Crippen molar-refractivity contribution in [3.63, 3.8) is 0 Å². The van der Waals surface area contributed by atoms with Crippen molar-refractivity contribution >= 4 is 17.0 Å². The summed E-state index contributed by atoms with van der Waals surface area (Å²) in [6.07, 6.45) is -0.772. The second-order valence-electron chi connectivity index (χ2n) is 4.44. The number of rotatable bonds is 6. The van der Waals surface area contributed by atoms with Gasteiger partial charge in [-0.15, -0.1) is 0 Å². The Hall–Kier alpha value is -1.96. The van der Waals surface area contributed by atoms with Crippen molar-refractivity contribution in [2.75, 3.05) is 7.11 Å². The van der Waals surface area contributed by atoms with E-state index in [0.717, 1.165) is 16.9 Å². The van der Waals surface area contributed by atoms with Crippen LogP contribution >= 0.6 is 11.3 Å². The molecule has 0 spiro atoms. The molecule has 0 aliphatic heterocycles. The summed E-state index contributed by atoms with van der Waals surface area (Å²) in [5.74, 6) is 0.492. The number of hydrogen-bond donors (Lipinski definition) is 1. The molecule has 2 aromatic rings. The molecular formula is C14H15NO5S. The van der Waals surface area contributed by atoms with E-state index in [4.69, 9.17) is 9.47 Å². The average molecular weight is 309 g/mol. The van der Waals surface area contributed by atoms with Crippen LogP contribution in [0.15, 0.2) is 30.3 Å². The van der Waals surface area contributed by atoms with Crippen LogP contribution < -0.4 is 4.74 Å². The van der Waals surface area contributed by atoms with Gasteiger partial charge in [-0.1, -0.05) is 23.5 Å². The van der Waals surface area contributed by atoms with Crippen molar-refractivity contribution in [3.8, 4) is 10.8 Å². The molecule has 1 aromatic heterocycles. The molecule has 7 heteroatoms. The smallest absolute Gasteiger partial charge is 0.323 e. The van der Waals surface area contributed by atoms with E-state index in [1.54, 1.807) is 32.2 Å². The normalized spacial score (nSPS) is 12.1. The first-order chi connectivity index (χ1) is 10.0. The lowest BCUT2D eigenvalue weighted by Crippen LogP contribution is -1.91. The molecule has 0 amide bonds. The van der Waals surface area contributed by atoms with E-state index >= 15 is 0 Å². The molecule has 0 radical (unpaired) electrons. The minimum atomic E-state index is -0.772. The van der Waals surface area contributed by atoms with Gasteiger partial charge in [-0.2, -0.15) is 0 Å². The maximum atomic E-state index is 11.0. The van der Waals surface area contributed by atoms with Crippen LogP contribution in [0.1, 0.15) is 23.5 Å². The Morgan fingerprint density at radius 3 is 2.81 bits per heavy atom. The number of aliphatic hydroxyl groups excluding tert-OH is 1. The average Bonchev–Trinajstić information content (AvgIpc) is 2.84. The summed E-state index contributed by atoms with van der Waals surface area (Å²) in [6, 6.07) is 8.47. The Kier molecular flexibility index (Phi) is 4.89. The number of aliphatic hydroxyl groups is 1. The van der Waals surface area contributed by atoms with Gasteiger partial charge in [-0.3, -0.25) is 10.1 Å². The molecule has 0 unspecified atom stereocenters. The summed E-state index contributed by atoms with van der Waals surface area (Å²) in [4.78, 5) is 11.0. The van der Waals surface area contributed by atoms with Crippen molar-refractivity contribution in [3.05, 3.63) is 50.9 Å². The van der Waals surface area contributed by atoms with Crippen LogP contribution in [0.2, 0.25) is 0 Å². The van der Waals surface area contributed by atoms with Crippen molar-refractivity contribution in [1.82, 2.24) is 0 Å². The summed E-state index contributed by atoms with van der Waals surface area (Å²) < 4.78 is 10.6. The second-order valence-corrected chi connectivity index (χ2v) is 5.48. The van der Waals surface area contributed by atoms with Gasteiger partial charge in [0, 0.05) is 18.1 Å². The van der Waals surface area contributed by atoms with E-state index < -0.39 is 11.0 Å². The highest BCUT2D eigenvalue weighted by atomic mass is 32.1. The number of methoxy groups -OCH3 is 1. The van der Waals surface area contributed by atoms with E-state index in [1.165, 1.54) is 6.07 Å². The molecule has 112 valence electrons. The first-order valence-electron chi connectivity index (χ1n) is 6.23. The summed E-state index contributed by atoms with van der Waals surface area (Å²) in [5.41, 5.74) is 0.762. The van der Waals surface area contributed by atoms with Crippen LogP contribution in [0, 0.1) is 10.1 Å². The molecule has 1 N–H and O–H groups in total. The second kappa shape index (κ2) is 6.66. The minimum Gasteiger partial charge on any atom is -0.440 e. The molecule has 2 rings (SSSR count). The third kappa shape index (κ3) is 3.78. The van der Waals surface area contributed by atoms with Gasteiger partial charge in [0.1, 0.15) is 5.75 Å². The number of benzene rings is 1. The third-order valence-electron chi connectivity index (χ3n) is 2.73. The maximum absolute atomic E-state index is 11.0. The standard InChI is InChI=1S/C14H15NO5S/c1-9(16)13-7-12(15(17)18)14(21-13)20-11-5-3-4-10(6-11)8-19-2/h3-7,9,16H,8H2,1-2H3/t9-/m0/s1. The van der Waals surface area contributed by atoms with E-state index in [-0.39, 0.29) is 10.8 Å². The fraction of sp³-hybridized carbons (Fsp3) is 0.286.